The summed E-state index contributed by atoms with van der Waals surface area (Å²) in [5.74, 6) is 0.827. The molecular formula is C12H16N4OS. The normalized spacial score (nSPS) is 10.8. The van der Waals surface area contributed by atoms with Gasteiger partial charge in [-0.15, -0.1) is 0 Å². The second kappa shape index (κ2) is 5.30. The molecule has 1 heterocycles. The van der Waals surface area contributed by atoms with Gasteiger partial charge in [-0.25, -0.2) is 0 Å². The second-order valence-corrected chi connectivity index (χ2v) is 5.08. The molecule has 0 aliphatic carbocycles. The van der Waals surface area contributed by atoms with E-state index in [9.17, 15) is 4.79 Å². The Balaban J connectivity index is 2.30. The van der Waals surface area contributed by atoms with Crippen LogP contribution in [0, 0.1) is 0 Å². The number of anilines is 1. The van der Waals surface area contributed by atoms with E-state index in [1.165, 1.54) is 0 Å². The minimum absolute atomic E-state index is 0.0825. The van der Waals surface area contributed by atoms with Gasteiger partial charge in [-0.3, -0.25) is 9.89 Å². The lowest BCUT2D eigenvalue weighted by atomic mass is 10.2. The Morgan fingerprint density at radius 1 is 1.56 bits per heavy atom. The first-order valence-corrected chi connectivity index (χ1v) is 7.01. The van der Waals surface area contributed by atoms with Crippen LogP contribution in [0.5, 0.6) is 0 Å². The number of nitrogens with one attached hydrogen (secondary N) is 1. The molecule has 5 nitrogen and oxygen atoms in total. The molecule has 0 spiro atoms. The molecule has 1 aromatic heterocycles. The highest BCUT2D eigenvalue weighted by Gasteiger charge is 2.17. The van der Waals surface area contributed by atoms with Crippen molar-refractivity contribution in [1.82, 2.24) is 15.1 Å². The molecule has 0 saturated heterocycles. The molecule has 0 aliphatic heterocycles. The Bertz CT molecular complexity index is 566. The van der Waals surface area contributed by atoms with Crippen LogP contribution in [-0.4, -0.2) is 46.6 Å². The van der Waals surface area contributed by atoms with Crippen molar-refractivity contribution in [3.63, 3.8) is 0 Å². The summed E-state index contributed by atoms with van der Waals surface area (Å²) < 4.78 is 0. The average molecular weight is 264 g/mol. The van der Waals surface area contributed by atoms with Crippen LogP contribution in [0.1, 0.15) is 10.5 Å². The monoisotopic (exact) mass is 264 g/mol. The quantitative estimate of drug-likeness (QED) is 0.822. The van der Waals surface area contributed by atoms with Crippen LogP contribution < -0.4 is 5.73 Å². The molecule has 2 aromatic rings. The Morgan fingerprint density at radius 2 is 2.33 bits per heavy atom. The van der Waals surface area contributed by atoms with E-state index < -0.39 is 0 Å². The zero-order valence-electron chi connectivity index (χ0n) is 10.4. The van der Waals surface area contributed by atoms with Gasteiger partial charge in [0.05, 0.1) is 5.52 Å². The Hall–Kier alpha value is -1.69. The molecule has 18 heavy (non-hydrogen) atoms. The molecule has 2 rings (SSSR count). The van der Waals surface area contributed by atoms with Crippen molar-refractivity contribution in [2.24, 2.45) is 0 Å². The molecule has 1 amide bonds. The van der Waals surface area contributed by atoms with E-state index in [1.807, 2.05) is 12.3 Å². The fraction of sp³-hybridized carbons (Fsp3) is 0.333. The van der Waals surface area contributed by atoms with Gasteiger partial charge in [0.2, 0.25) is 0 Å². The van der Waals surface area contributed by atoms with E-state index in [1.54, 1.807) is 35.8 Å². The lowest BCUT2D eigenvalue weighted by Crippen LogP contribution is -2.29. The van der Waals surface area contributed by atoms with Gasteiger partial charge in [-0.1, -0.05) is 0 Å². The largest absolute Gasteiger partial charge is 0.399 e. The van der Waals surface area contributed by atoms with Crippen molar-refractivity contribution in [3.05, 3.63) is 23.9 Å². The van der Waals surface area contributed by atoms with Crippen LogP contribution >= 0.6 is 11.8 Å². The fourth-order valence-electron chi connectivity index (χ4n) is 1.71. The van der Waals surface area contributed by atoms with Gasteiger partial charge in [-0.05, 0) is 24.5 Å². The summed E-state index contributed by atoms with van der Waals surface area (Å²) in [6.45, 7) is 0.705. The maximum atomic E-state index is 12.2. The summed E-state index contributed by atoms with van der Waals surface area (Å²) in [7, 11) is 1.78. The van der Waals surface area contributed by atoms with Gasteiger partial charge >= 0.3 is 0 Å². The number of H-pyrrole nitrogens is 1. The minimum atomic E-state index is -0.0825. The fourth-order valence-corrected chi connectivity index (χ4v) is 2.16. The van der Waals surface area contributed by atoms with Gasteiger partial charge in [0.1, 0.15) is 0 Å². The molecule has 0 fully saturated rings. The molecule has 0 atom stereocenters. The topological polar surface area (TPSA) is 75.0 Å². The molecule has 6 heteroatoms. The maximum absolute atomic E-state index is 12.2. The van der Waals surface area contributed by atoms with E-state index >= 15 is 0 Å². The molecule has 96 valence electrons. The predicted molar refractivity (Wildman–Crippen MR) is 75.8 cm³/mol. The lowest BCUT2D eigenvalue weighted by Gasteiger charge is -2.15. The zero-order chi connectivity index (χ0) is 13.1. The molecule has 0 saturated carbocycles. The SMILES string of the molecule is CSCCN(C)C(=O)c1n[nH]c2ccc(N)cc12. The summed E-state index contributed by atoms with van der Waals surface area (Å²) in [6.07, 6.45) is 2.02. The maximum Gasteiger partial charge on any atom is 0.274 e. The summed E-state index contributed by atoms with van der Waals surface area (Å²) in [6, 6.07) is 5.39. The average Bonchev–Trinajstić information content (AvgIpc) is 2.77. The van der Waals surface area contributed by atoms with Crippen molar-refractivity contribution in [2.45, 2.75) is 0 Å². The van der Waals surface area contributed by atoms with Crippen molar-refractivity contribution in [2.75, 3.05) is 31.3 Å². The number of benzene rings is 1. The van der Waals surface area contributed by atoms with Gasteiger partial charge in [0.25, 0.3) is 5.91 Å². The second-order valence-electron chi connectivity index (χ2n) is 4.10. The predicted octanol–water partition coefficient (Wildman–Crippen LogP) is 1.58. The molecule has 3 N–H and O–H groups in total. The first kappa shape index (κ1) is 12.8. The molecule has 0 unspecified atom stereocenters. The van der Waals surface area contributed by atoms with E-state index in [0.29, 0.717) is 17.9 Å². The number of nitrogen functional groups attached to an aromatic ring is 1. The number of hydrogen-bond acceptors (Lipinski definition) is 4. The summed E-state index contributed by atoms with van der Waals surface area (Å²) >= 11 is 1.71. The van der Waals surface area contributed by atoms with Gasteiger partial charge < -0.3 is 10.6 Å². The Kier molecular flexibility index (Phi) is 3.76. The highest BCUT2D eigenvalue weighted by molar-refractivity contribution is 7.98. The number of nitrogens with zero attached hydrogens (tertiary/aromatic N) is 2. The number of aromatic nitrogens is 2. The molecule has 0 aliphatic rings. The zero-order valence-corrected chi connectivity index (χ0v) is 11.3. The Morgan fingerprint density at radius 3 is 3.06 bits per heavy atom. The number of rotatable bonds is 4. The van der Waals surface area contributed by atoms with Crippen molar-refractivity contribution < 1.29 is 4.79 Å². The molecule has 0 bridgehead atoms. The number of hydrogen-bond donors (Lipinski definition) is 2. The van der Waals surface area contributed by atoms with Gasteiger partial charge in [0, 0.05) is 30.4 Å². The number of aromatic amines is 1. The summed E-state index contributed by atoms with van der Waals surface area (Å²) in [4.78, 5) is 13.9. The number of amides is 1. The van der Waals surface area contributed by atoms with Crippen LogP contribution in [0.4, 0.5) is 5.69 Å². The molecule has 1 aromatic carbocycles. The lowest BCUT2D eigenvalue weighted by molar-refractivity contribution is 0.0800. The van der Waals surface area contributed by atoms with Crippen molar-refractivity contribution in [3.8, 4) is 0 Å². The number of thioether (sulfide) groups is 1. The third-order valence-electron chi connectivity index (χ3n) is 2.77. The van der Waals surface area contributed by atoms with Crippen molar-refractivity contribution >= 4 is 34.3 Å². The van der Waals surface area contributed by atoms with E-state index in [-0.39, 0.29) is 5.91 Å². The third kappa shape index (κ3) is 2.43. The summed E-state index contributed by atoms with van der Waals surface area (Å²) in [5, 5.41) is 7.71. The van der Waals surface area contributed by atoms with Crippen LogP contribution in [-0.2, 0) is 0 Å². The highest BCUT2D eigenvalue weighted by atomic mass is 32.2. The van der Waals surface area contributed by atoms with Gasteiger partial charge in [0.15, 0.2) is 5.69 Å². The van der Waals surface area contributed by atoms with Crippen LogP contribution in [0.25, 0.3) is 10.9 Å². The van der Waals surface area contributed by atoms with E-state index in [2.05, 4.69) is 10.2 Å². The number of nitrogens with two attached hydrogens (primary N) is 1. The highest BCUT2D eigenvalue weighted by Crippen LogP contribution is 2.19. The molecule has 0 radical (unpaired) electrons. The number of fused-ring (bicyclic) bond motifs is 1. The van der Waals surface area contributed by atoms with Crippen molar-refractivity contribution in [1.29, 1.82) is 0 Å². The van der Waals surface area contributed by atoms with Crippen LogP contribution in [0.3, 0.4) is 0 Å². The van der Waals surface area contributed by atoms with Crippen LogP contribution in [0.15, 0.2) is 18.2 Å². The van der Waals surface area contributed by atoms with E-state index in [4.69, 9.17) is 5.73 Å². The third-order valence-corrected chi connectivity index (χ3v) is 3.36. The smallest absolute Gasteiger partial charge is 0.274 e. The number of carbonyl (C=O) groups is 1. The first-order chi connectivity index (χ1) is 8.63. The Labute approximate surface area is 110 Å². The van der Waals surface area contributed by atoms with Gasteiger partial charge in [-0.2, -0.15) is 16.9 Å². The number of carbonyl (C=O) groups excluding carboxylic acids is 1. The molecular weight excluding hydrogens is 248 g/mol. The van der Waals surface area contributed by atoms with E-state index in [0.717, 1.165) is 16.7 Å². The van der Waals surface area contributed by atoms with Crippen LogP contribution in [0.2, 0.25) is 0 Å². The standard InChI is InChI=1S/C12H16N4OS/c1-16(5-6-18-2)12(17)11-9-7-8(13)3-4-10(9)14-15-11/h3-4,7H,5-6,13H2,1-2H3,(H,14,15). The summed E-state index contributed by atoms with van der Waals surface area (Å²) in [5.41, 5.74) is 7.62. The minimum Gasteiger partial charge on any atom is -0.399 e. The first-order valence-electron chi connectivity index (χ1n) is 5.61.